The van der Waals surface area contributed by atoms with Gasteiger partial charge in [0.1, 0.15) is 0 Å². The maximum absolute atomic E-state index is 6.30. The molecule has 1 unspecified atom stereocenters. The van der Waals surface area contributed by atoms with Gasteiger partial charge in [0.25, 0.3) is 0 Å². The van der Waals surface area contributed by atoms with E-state index in [0.29, 0.717) is 15.1 Å². The van der Waals surface area contributed by atoms with E-state index in [1.54, 1.807) is 6.07 Å². The lowest BCUT2D eigenvalue weighted by atomic mass is 9.90. The zero-order valence-electron chi connectivity index (χ0n) is 12.1. The van der Waals surface area contributed by atoms with Crippen molar-refractivity contribution in [3.05, 3.63) is 74.5 Å². The van der Waals surface area contributed by atoms with Crippen molar-refractivity contribution in [1.29, 1.82) is 0 Å². The molecule has 22 heavy (non-hydrogen) atoms. The molecule has 0 heterocycles. The topological polar surface area (TPSA) is 0 Å². The largest absolute Gasteiger partial charge is 0.0843 e. The van der Waals surface area contributed by atoms with E-state index in [2.05, 4.69) is 19.1 Å². The highest BCUT2D eigenvalue weighted by Gasteiger charge is 2.15. The summed E-state index contributed by atoms with van der Waals surface area (Å²) in [6.45, 7) is 4.04. The minimum absolute atomic E-state index is 0.287. The van der Waals surface area contributed by atoms with Crippen molar-refractivity contribution in [1.82, 2.24) is 0 Å². The molecule has 4 heteroatoms. The molecule has 0 amide bonds. The van der Waals surface area contributed by atoms with Crippen molar-refractivity contribution in [2.45, 2.75) is 31.6 Å². The van der Waals surface area contributed by atoms with Crippen molar-refractivity contribution in [3.8, 4) is 0 Å². The number of halogens is 4. The molecule has 0 saturated heterocycles. The van der Waals surface area contributed by atoms with Crippen LogP contribution in [0.5, 0.6) is 0 Å². The molecular formula is C18H17Cl4. The van der Waals surface area contributed by atoms with Crippen molar-refractivity contribution in [3.63, 3.8) is 0 Å². The average molecular weight is 375 g/mol. The molecule has 1 radical (unpaired) electrons. The van der Waals surface area contributed by atoms with Gasteiger partial charge in [-0.15, -0.1) is 0 Å². The summed E-state index contributed by atoms with van der Waals surface area (Å²) in [5, 5.41) is 2.45. The van der Waals surface area contributed by atoms with E-state index >= 15 is 0 Å². The van der Waals surface area contributed by atoms with Gasteiger partial charge in [0, 0.05) is 10.0 Å². The summed E-state index contributed by atoms with van der Waals surface area (Å²) in [5.74, 6) is 0.287. The number of benzene rings is 2. The molecule has 0 saturated carbocycles. The summed E-state index contributed by atoms with van der Waals surface area (Å²) < 4.78 is 0. The number of hydrogen-bond donors (Lipinski definition) is 0. The Morgan fingerprint density at radius 1 is 0.864 bits per heavy atom. The van der Waals surface area contributed by atoms with Crippen LogP contribution in [0, 0.1) is 6.92 Å². The minimum atomic E-state index is 0.287. The van der Waals surface area contributed by atoms with Crippen LogP contribution in [-0.4, -0.2) is 0 Å². The number of rotatable bonds is 6. The molecule has 0 nitrogen and oxygen atoms in total. The van der Waals surface area contributed by atoms with Crippen LogP contribution in [0.15, 0.2) is 36.4 Å². The Morgan fingerprint density at radius 3 is 2.14 bits per heavy atom. The van der Waals surface area contributed by atoms with Crippen LogP contribution in [0.2, 0.25) is 20.1 Å². The minimum Gasteiger partial charge on any atom is -0.0843 e. The molecule has 0 aliphatic rings. The predicted molar refractivity (Wildman–Crippen MR) is 98.6 cm³/mol. The molecule has 2 aromatic rings. The summed E-state index contributed by atoms with van der Waals surface area (Å²) >= 11 is 24.3. The molecule has 117 valence electrons. The molecule has 1 atom stereocenters. The molecule has 0 aliphatic carbocycles. The van der Waals surface area contributed by atoms with Crippen LogP contribution in [0.25, 0.3) is 0 Å². The third-order valence-electron chi connectivity index (χ3n) is 3.76. The highest BCUT2D eigenvalue weighted by Crippen LogP contribution is 2.36. The van der Waals surface area contributed by atoms with Crippen LogP contribution in [0.1, 0.15) is 36.3 Å². The SMILES string of the molecule is [CH2]CC(CCCc1ccc(Cl)cc1)c1cc(Cl)c(Cl)cc1Cl. The molecule has 2 rings (SSSR count). The fraction of sp³-hybridized carbons (Fsp3) is 0.278. The molecule has 0 N–H and O–H groups in total. The van der Waals surface area contributed by atoms with Crippen LogP contribution >= 0.6 is 46.4 Å². The van der Waals surface area contributed by atoms with Crippen molar-refractivity contribution < 1.29 is 0 Å². The van der Waals surface area contributed by atoms with Gasteiger partial charge in [-0.25, -0.2) is 0 Å². The predicted octanol–water partition coefficient (Wildman–Crippen LogP) is 7.63. The number of aryl methyl sites for hydroxylation is 1. The van der Waals surface area contributed by atoms with Gasteiger partial charge in [-0.05, 0) is 67.0 Å². The van der Waals surface area contributed by atoms with E-state index < -0.39 is 0 Å². The van der Waals surface area contributed by atoms with Gasteiger partial charge < -0.3 is 0 Å². The molecule has 0 spiro atoms. The maximum atomic E-state index is 6.30. The van der Waals surface area contributed by atoms with Gasteiger partial charge in [0.2, 0.25) is 0 Å². The smallest absolute Gasteiger partial charge is 0.0607 e. The highest BCUT2D eigenvalue weighted by molar-refractivity contribution is 6.43. The molecular weight excluding hydrogens is 358 g/mol. The van der Waals surface area contributed by atoms with Gasteiger partial charge in [0.15, 0.2) is 0 Å². The zero-order chi connectivity index (χ0) is 16.1. The molecule has 2 aromatic carbocycles. The summed E-state index contributed by atoms with van der Waals surface area (Å²) in [7, 11) is 0. The van der Waals surface area contributed by atoms with E-state index in [9.17, 15) is 0 Å². The van der Waals surface area contributed by atoms with Gasteiger partial charge in [-0.3, -0.25) is 0 Å². The van der Waals surface area contributed by atoms with Gasteiger partial charge in [-0.2, -0.15) is 0 Å². The van der Waals surface area contributed by atoms with Crippen LogP contribution < -0.4 is 0 Å². The van der Waals surface area contributed by atoms with Gasteiger partial charge in [-0.1, -0.05) is 65.5 Å². The van der Waals surface area contributed by atoms with Crippen molar-refractivity contribution >= 4 is 46.4 Å². The first kappa shape index (κ1) is 17.9. The highest BCUT2D eigenvalue weighted by atomic mass is 35.5. The summed E-state index contributed by atoms with van der Waals surface area (Å²) in [5.41, 5.74) is 2.31. The number of hydrogen-bond acceptors (Lipinski definition) is 0. The lowest BCUT2D eigenvalue weighted by Gasteiger charge is -2.17. The quantitative estimate of drug-likeness (QED) is 0.456. The van der Waals surface area contributed by atoms with E-state index in [1.807, 2.05) is 18.2 Å². The standard InChI is InChI=1S/C18H17Cl4/c1-2-13(15-10-17(21)18(22)11-16(15)20)5-3-4-12-6-8-14(19)9-7-12/h6-11,13H,1-5H2. The molecule has 0 aromatic heterocycles. The summed E-state index contributed by atoms with van der Waals surface area (Å²) in [4.78, 5) is 0. The fourth-order valence-corrected chi connectivity index (χ4v) is 3.35. The third kappa shape index (κ3) is 4.80. The fourth-order valence-electron chi connectivity index (χ4n) is 2.51. The molecule has 0 aliphatic heterocycles. The average Bonchev–Trinajstić information content (AvgIpc) is 2.50. The monoisotopic (exact) mass is 373 g/mol. The lowest BCUT2D eigenvalue weighted by Crippen LogP contribution is -2.00. The first-order valence-corrected chi connectivity index (χ1v) is 8.70. The Morgan fingerprint density at radius 2 is 1.50 bits per heavy atom. The maximum Gasteiger partial charge on any atom is 0.0607 e. The first-order valence-electron chi connectivity index (χ1n) is 7.19. The Bertz CT molecular complexity index is 620. The van der Waals surface area contributed by atoms with E-state index in [4.69, 9.17) is 46.4 Å². The summed E-state index contributed by atoms with van der Waals surface area (Å²) in [6.07, 6.45) is 3.84. The Kier molecular flexibility index (Phi) is 6.89. The Balaban J connectivity index is 2.00. The van der Waals surface area contributed by atoms with Gasteiger partial charge in [0.05, 0.1) is 10.0 Å². The van der Waals surface area contributed by atoms with Crippen LogP contribution in [-0.2, 0) is 6.42 Å². The molecule has 0 bridgehead atoms. The first-order chi connectivity index (χ1) is 10.5. The van der Waals surface area contributed by atoms with E-state index in [1.165, 1.54) is 5.56 Å². The Hall–Kier alpha value is -0.400. The van der Waals surface area contributed by atoms with E-state index in [0.717, 1.165) is 36.3 Å². The summed E-state index contributed by atoms with van der Waals surface area (Å²) in [6, 6.07) is 11.5. The van der Waals surface area contributed by atoms with E-state index in [-0.39, 0.29) is 5.92 Å². The Labute approximate surface area is 152 Å². The normalized spacial score (nSPS) is 12.4. The lowest BCUT2D eigenvalue weighted by molar-refractivity contribution is 0.596. The van der Waals surface area contributed by atoms with Crippen molar-refractivity contribution in [2.24, 2.45) is 0 Å². The van der Waals surface area contributed by atoms with Crippen molar-refractivity contribution in [2.75, 3.05) is 0 Å². The third-order valence-corrected chi connectivity index (χ3v) is 5.06. The second-order valence-electron chi connectivity index (χ2n) is 5.29. The second-order valence-corrected chi connectivity index (χ2v) is 6.95. The van der Waals surface area contributed by atoms with Crippen LogP contribution in [0.4, 0.5) is 0 Å². The molecule has 0 fully saturated rings. The van der Waals surface area contributed by atoms with Gasteiger partial charge >= 0.3 is 0 Å². The van der Waals surface area contributed by atoms with Crippen LogP contribution in [0.3, 0.4) is 0 Å². The zero-order valence-corrected chi connectivity index (χ0v) is 15.1. The second kappa shape index (κ2) is 8.45.